The van der Waals surface area contributed by atoms with E-state index in [0.29, 0.717) is 5.95 Å². The third-order valence-corrected chi connectivity index (χ3v) is 2.35. The molecule has 0 aliphatic carbocycles. The van der Waals surface area contributed by atoms with E-state index in [-0.39, 0.29) is 0 Å². The largest absolute Gasteiger partial charge is 0.335 e. The minimum Gasteiger partial charge on any atom is -0.335 e. The van der Waals surface area contributed by atoms with Crippen LogP contribution in [0.2, 0.25) is 0 Å². The number of anilines is 1. The SMILES string of the molecule is Nn1cnnc1N/N=C/c1ccc(Br)cc1. The summed E-state index contributed by atoms with van der Waals surface area (Å²) in [5, 5.41) is 11.3. The fourth-order valence-corrected chi connectivity index (χ4v) is 1.30. The van der Waals surface area contributed by atoms with Gasteiger partial charge in [0.2, 0.25) is 0 Å². The maximum absolute atomic E-state index is 5.49. The van der Waals surface area contributed by atoms with Gasteiger partial charge in [0, 0.05) is 4.47 Å². The van der Waals surface area contributed by atoms with E-state index < -0.39 is 0 Å². The molecule has 0 spiro atoms. The van der Waals surface area contributed by atoms with Crippen molar-refractivity contribution in [3.8, 4) is 0 Å². The molecular formula is C9H9BrN6. The fourth-order valence-electron chi connectivity index (χ4n) is 1.04. The Hall–Kier alpha value is -1.89. The van der Waals surface area contributed by atoms with Crippen molar-refractivity contribution < 1.29 is 0 Å². The summed E-state index contributed by atoms with van der Waals surface area (Å²) >= 11 is 3.36. The number of aromatic nitrogens is 3. The normalized spacial score (nSPS) is 10.8. The number of benzene rings is 1. The summed E-state index contributed by atoms with van der Waals surface area (Å²) in [6, 6.07) is 7.74. The van der Waals surface area contributed by atoms with E-state index in [1.54, 1.807) is 6.21 Å². The van der Waals surface area contributed by atoms with Crippen LogP contribution in [0.15, 0.2) is 40.2 Å². The fraction of sp³-hybridized carbons (Fsp3) is 0. The molecule has 0 aliphatic rings. The number of hydrazone groups is 1. The summed E-state index contributed by atoms with van der Waals surface area (Å²) in [6.45, 7) is 0. The Morgan fingerprint density at radius 2 is 2.12 bits per heavy atom. The monoisotopic (exact) mass is 280 g/mol. The number of halogens is 1. The van der Waals surface area contributed by atoms with Gasteiger partial charge in [0.1, 0.15) is 6.33 Å². The third kappa shape index (κ3) is 2.57. The number of nitrogens with one attached hydrogen (secondary N) is 1. The van der Waals surface area contributed by atoms with Crippen molar-refractivity contribution in [1.29, 1.82) is 0 Å². The van der Waals surface area contributed by atoms with Gasteiger partial charge in [-0.25, -0.2) is 10.1 Å². The first-order valence-corrected chi connectivity index (χ1v) is 5.25. The summed E-state index contributed by atoms with van der Waals surface area (Å²) in [6.07, 6.45) is 3.05. The zero-order valence-electron chi connectivity index (χ0n) is 8.21. The summed E-state index contributed by atoms with van der Waals surface area (Å²) < 4.78 is 2.28. The van der Waals surface area contributed by atoms with E-state index in [1.807, 2.05) is 24.3 Å². The van der Waals surface area contributed by atoms with Gasteiger partial charge in [-0.3, -0.25) is 0 Å². The molecule has 0 unspecified atom stereocenters. The molecule has 2 rings (SSSR count). The van der Waals surface area contributed by atoms with Crippen LogP contribution in [0.5, 0.6) is 0 Å². The lowest BCUT2D eigenvalue weighted by molar-refractivity contribution is 0.988. The highest BCUT2D eigenvalue weighted by Crippen LogP contribution is 2.09. The molecule has 0 saturated carbocycles. The molecule has 0 radical (unpaired) electrons. The van der Waals surface area contributed by atoms with E-state index in [2.05, 4.69) is 36.7 Å². The van der Waals surface area contributed by atoms with Crippen LogP contribution in [0.25, 0.3) is 0 Å². The maximum atomic E-state index is 5.49. The van der Waals surface area contributed by atoms with Crippen molar-refractivity contribution in [3.05, 3.63) is 40.6 Å². The predicted molar refractivity (Wildman–Crippen MR) is 65.5 cm³/mol. The lowest BCUT2D eigenvalue weighted by Crippen LogP contribution is -2.10. The van der Waals surface area contributed by atoms with Gasteiger partial charge in [-0.2, -0.15) is 5.10 Å². The summed E-state index contributed by atoms with van der Waals surface area (Å²) in [5.74, 6) is 5.87. The van der Waals surface area contributed by atoms with Gasteiger partial charge in [-0.1, -0.05) is 28.1 Å². The van der Waals surface area contributed by atoms with Gasteiger partial charge in [-0.05, 0) is 17.7 Å². The molecular weight excluding hydrogens is 272 g/mol. The van der Waals surface area contributed by atoms with E-state index >= 15 is 0 Å². The third-order valence-electron chi connectivity index (χ3n) is 1.82. The molecule has 1 aromatic heterocycles. The van der Waals surface area contributed by atoms with Crippen molar-refractivity contribution in [2.45, 2.75) is 0 Å². The van der Waals surface area contributed by atoms with Crippen molar-refractivity contribution in [2.75, 3.05) is 11.3 Å². The molecule has 0 amide bonds. The van der Waals surface area contributed by atoms with Crippen LogP contribution in [0.3, 0.4) is 0 Å². The molecule has 16 heavy (non-hydrogen) atoms. The standard InChI is InChI=1S/C9H9BrN6/c10-8-3-1-7(2-4-8)5-12-14-9-15-13-6-16(9)11/h1-6H,11H2,(H,14,15)/b12-5+. The van der Waals surface area contributed by atoms with Crippen LogP contribution in [-0.4, -0.2) is 21.1 Å². The summed E-state index contributed by atoms with van der Waals surface area (Å²) in [7, 11) is 0. The van der Waals surface area contributed by atoms with Crippen molar-refractivity contribution in [1.82, 2.24) is 14.9 Å². The average Bonchev–Trinajstić information content (AvgIpc) is 2.68. The second-order valence-corrected chi connectivity index (χ2v) is 3.90. The molecule has 1 aromatic carbocycles. The van der Waals surface area contributed by atoms with Gasteiger partial charge in [0.05, 0.1) is 6.21 Å². The van der Waals surface area contributed by atoms with E-state index in [0.717, 1.165) is 10.0 Å². The van der Waals surface area contributed by atoms with Crippen LogP contribution >= 0.6 is 15.9 Å². The van der Waals surface area contributed by atoms with Gasteiger partial charge in [0.25, 0.3) is 5.95 Å². The van der Waals surface area contributed by atoms with Crippen molar-refractivity contribution in [2.24, 2.45) is 5.10 Å². The summed E-state index contributed by atoms with van der Waals surface area (Å²) in [4.78, 5) is 0. The predicted octanol–water partition coefficient (Wildman–Crippen LogP) is 1.20. The molecule has 82 valence electrons. The van der Waals surface area contributed by atoms with Crippen LogP contribution in [0.1, 0.15) is 5.56 Å². The van der Waals surface area contributed by atoms with E-state index in [1.165, 1.54) is 11.0 Å². The van der Waals surface area contributed by atoms with Gasteiger partial charge in [-0.15, -0.1) is 10.2 Å². The lowest BCUT2D eigenvalue weighted by Gasteiger charge is -1.97. The smallest absolute Gasteiger partial charge is 0.263 e. The first-order chi connectivity index (χ1) is 7.75. The number of nitrogens with zero attached hydrogens (tertiary/aromatic N) is 4. The molecule has 0 saturated heterocycles. The number of nitrogens with two attached hydrogens (primary N) is 1. The van der Waals surface area contributed by atoms with E-state index in [4.69, 9.17) is 5.84 Å². The second-order valence-electron chi connectivity index (χ2n) is 2.98. The Labute approximate surface area is 100 Å². The van der Waals surface area contributed by atoms with Gasteiger partial charge < -0.3 is 5.84 Å². The number of rotatable bonds is 3. The van der Waals surface area contributed by atoms with Crippen LogP contribution in [0, 0.1) is 0 Å². The minimum atomic E-state index is 0.383. The van der Waals surface area contributed by atoms with Crippen LogP contribution in [0.4, 0.5) is 5.95 Å². The Morgan fingerprint density at radius 1 is 1.38 bits per heavy atom. The lowest BCUT2D eigenvalue weighted by atomic mass is 10.2. The minimum absolute atomic E-state index is 0.383. The maximum Gasteiger partial charge on any atom is 0.263 e. The zero-order valence-corrected chi connectivity index (χ0v) is 9.79. The molecule has 2 aromatic rings. The Balaban J connectivity index is 2.00. The second kappa shape index (κ2) is 4.75. The highest BCUT2D eigenvalue weighted by molar-refractivity contribution is 9.10. The molecule has 7 heteroatoms. The first kappa shape index (κ1) is 10.6. The van der Waals surface area contributed by atoms with Crippen molar-refractivity contribution >= 4 is 28.1 Å². The summed E-state index contributed by atoms with van der Waals surface area (Å²) in [5.41, 5.74) is 3.65. The van der Waals surface area contributed by atoms with E-state index in [9.17, 15) is 0 Å². The number of nitrogen functional groups attached to an aromatic ring is 1. The average molecular weight is 281 g/mol. The molecule has 0 bridgehead atoms. The Kier molecular flexibility index (Phi) is 3.16. The molecule has 3 N–H and O–H groups in total. The van der Waals surface area contributed by atoms with Gasteiger partial charge >= 0.3 is 0 Å². The molecule has 0 fully saturated rings. The molecule has 1 heterocycles. The Morgan fingerprint density at radius 3 is 2.75 bits per heavy atom. The van der Waals surface area contributed by atoms with Crippen molar-refractivity contribution in [3.63, 3.8) is 0 Å². The molecule has 0 atom stereocenters. The van der Waals surface area contributed by atoms with Crippen LogP contribution in [-0.2, 0) is 0 Å². The number of hydrogen-bond acceptors (Lipinski definition) is 5. The highest BCUT2D eigenvalue weighted by atomic mass is 79.9. The highest BCUT2D eigenvalue weighted by Gasteiger charge is 1.96. The van der Waals surface area contributed by atoms with Crippen LogP contribution < -0.4 is 11.3 Å². The number of hydrogen-bond donors (Lipinski definition) is 2. The topological polar surface area (TPSA) is 81.1 Å². The molecule has 0 aliphatic heterocycles. The first-order valence-electron chi connectivity index (χ1n) is 4.45. The quantitative estimate of drug-likeness (QED) is 0.503. The zero-order chi connectivity index (χ0) is 11.4. The molecule has 6 nitrogen and oxygen atoms in total. The Bertz CT molecular complexity index is 489. The van der Waals surface area contributed by atoms with Gasteiger partial charge in [0.15, 0.2) is 0 Å².